The number of fused-ring (bicyclic) bond motifs is 1. The normalized spacial score (nSPS) is 11.9. The molecule has 2 heterocycles. The number of H-pyrrole nitrogens is 2. The number of aromatic nitrogens is 2. The molecule has 2 aromatic heterocycles. The predicted molar refractivity (Wildman–Crippen MR) is 119 cm³/mol. The third kappa shape index (κ3) is 3.82. The molecule has 2 aromatic carbocycles. The van der Waals surface area contributed by atoms with E-state index in [0.717, 1.165) is 27.7 Å². The van der Waals surface area contributed by atoms with Gasteiger partial charge in [0.2, 0.25) is 0 Å². The molecule has 0 aliphatic heterocycles. The Balaban J connectivity index is 1.72. The maximum absolute atomic E-state index is 11.4. The van der Waals surface area contributed by atoms with Gasteiger partial charge < -0.3 is 9.88 Å². The van der Waals surface area contributed by atoms with Crippen molar-refractivity contribution in [2.75, 3.05) is 30.9 Å². The van der Waals surface area contributed by atoms with Crippen molar-refractivity contribution in [3.63, 3.8) is 0 Å². The van der Waals surface area contributed by atoms with Crippen LogP contribution in [0.4, 0.5) is 17.2 Å². The Morgan fingerprint density at radius 2 is 1.87 bits per heavy atom. The second-order valence-electron chi connectivity index (χ2n) is 7.40. The third-order valence-corrected chi connectivity index (χ3v) is 5.32. The molecular weight excluding hydrogens is 378 g/mol. The van der Waals surface area contributed by atoms with E-state index in [1.165, 1.54) is 6.07 Å². The van der Waals surface area contributed by atoms with Gasteiger partial charge in [-0.2, -0.15) is 0 Å². The molecule has 0 aliphatic rings. The zero-order chi connectivity index (χ0) is 21.1. The summed E-state index contributed by atoms with van der Waals surface area (Å²) >= 11 is 0. The summed E-state index contributed by atoms with van der Waals surface area (Å²) in [5.41, 5.74) is 4.50. The van der Waals surface area contributed by atoms with Gasteiger partial charge >= 0.3 is 11.5 Å². The topological polar surface area (TPSA) is 88.3 Å². The number of nitro groups is 1. The van der Waals surface area contributed by atoms with Gasteiger partial charge in [-0.25, -0.2) is 4.98 Å². The second kappa shape index (κ2) is 8.24. The van der Waals surface area contributed by atoms with E-state index < -0.39 is 0 Å². The van der Waals surface area contributed by atoms with E-state index in [1.807, 2.05) is 38.5 Å². The van der Waals surface area contributed by atoms with Gasteiger partial charge in [-0.3, -0.25) is 15.4 Å². The quantitative estimate of drug-likeness (QED) is 0.358. The summed E-state index contributed by atoms with van der Waals surface area (Å²) in [7, 11) is 4.02. The first-order valence-corrected chi connectivity index (χ1v) is 9.77. The average Bonchev–Trinajstić information content (AvgIpc) is 3.18. The maximum Gasteiger partial charge on any atom is 0.357 e. The Labute approximate surface area is 174 Å². The first kappa shape index (κ1) is 19.4. The molecule has 0 aliphatic carbocycles. The number of aromatic amines is 2. The molecule has 0 radical (unpaired) electrons. The lowest BCUT2D eigenvalue weighted by atomic mass is 9.90. The standard InChI is InChI=1S/C23H23N5O2/c1-27(2)17-11-9-16(10-12-17)19(20-15-25-21-7-4-3-6-18(20)21)14-26-23-22(28(29)30)8-5-13-24-23/h3-13,15,19,25H,14H2,1-2H3,(H,24,26)/p+1/t19-/m0/s1. The first-order valence-electron chi connectivity index (χ1n) is 9.77. The van der Waals surface area contributed by atoms with Crippen LogP contribution in [0, 0.1) is 10.1 Å². The van der Waals surface area contributed by atoms with E-state index >= 15 is 0 Å². The zero-order valence-electron chi connectivity index (χ0n) is 16.9. The van der Waals surface area contributed by atoms with Crippen molar-refractivity contribution in [3.8, 4) is 0 Å². The summed E-state index contributed by atoms with van der Waals surface area (Å²) in [6.45, 7) is 0.504. The molecule has 4 rings (SSSR count). The van der Waals surface area contributed by atoms with Gasteiger partial charge in [0.05, 0.1) is 17.7 Å². The molecule has 0 fully saturated rings. The van der Waals surface area contributed by atoms with E-state index in [9.17, 15) is 10.1 Å². The van der Waals surface area contributed by atoms with E-state index in [1.54, 1.807) is 12.3 Å². The molecule has 0 bridgehead atoms. The van der Waals surface area contributed by atoms with Crippen LogP contribution in [0.15, 0.2) is 73.1 Å². The first-order chi connectivity index (χ1) is 14.5. The molecule has 0 saturated heterocycles. The van der Waals surface area contributed by atoms with E-state index in [4.69, 9.17) is 0 Å². The van der Waals surface area contributed by atoms with Gasteiger partial charge in [0, 0.05) is 48.9 Å². The molecule has 7 nitrogen and oxygen atoms in total. The van der Waals surface area contributed by atoms with Crippen LogP contribution in [0.1, 0.15) is 17.0 Å². The Hall–Kier alpha value is -3.87. The van der Waals surface area contributed by atoms with Crippen LogP contribution in [0.5, 0.6) is 0 Å². The Kier molecular flexibility index (Phi) is 5.34. The predicted octanol–water partition coefficient (Wildman–Crippen LogP) is 4.20. The minimum atomic E-state index is -0.384. The summed E-state index contributed by atoms with van der Waals surface area (Å²) in [6.07, 6.45) is 3.71. The van der Waals surface area contributed by atoms with Crippen molar-refractivity contribution in [2.45, 2.75) is 5.92 Å². The number of para-hydroxylation sites is 1. The molecule has 0 unspecified atom stereocenters. The number of hydrogen-bond acceptors (Lipinski definition) is 4. The summed E-state index contributed by atoms with van der Waals surface area (Å²) in [4.78, 5) is 19.4. The van der Waals surface area contributed by atoms with Gasteiger partial charge in [0.15, 0.2) is 0 Å². The highest BCUT2D eigenvalue weighted by Crippen LogP contribution is 2.32. The minimum Gasteiger partial charge on any atom is -0.378 e. The maximum atomic E-state index is 11.4. The molecular formula is C23H24N5O2+. The van der Waals surface area contributed by atoms with Crippen LogP contribution in [-0.4, -0.2) is 30.5 Å². The zero-order valence-corrected chi connectivity index (χ0v) is 16.9. The molecule has 152 valence electrons. The number of hydrogen-bond donors (Lipinski definition) is 2. The van der Waals surface area contributed by atoms with Crippen LogP contribution in [0.25, 0.3) is 10.9 Å². The Bertz CT molecular complexity index is 1170. The number of rotatable bonds is 7. The Morgan fingerprint density at radius 1 is 1.10 bits per heavy atom. The highest BCUT2D eigenvalue weighted by atomic mass is 16.6. The van der Waals surface area contributed by atoms with Crippen molar-refractivity contribution in [3.05, 3.63) is 94.3 Å². The van der Waals surface area contributed by atoms with Crippen LogP contribution in [-0.2, 0) is 0 Å². The fraction of sp³-hybridized carbons (Fsp3) is 0.174. The fourth-order valence-electron chi connectivity index (χ4n) is 3.72. The van der Waals surface area contributed by atoms with Crippen LogP contribution in [0.3, 0.4) is 0 Å². The number of nitrogens with one attached hydrogen (secondary N) is 3. The molecule has 3 N–H and O–H groups in total. The van der Waals surface area contributed by atoms with Gasteiger partial charge in [-0.05, 0) is 35.4 Å². The summed E-state index contributed by atoms with van der Waals surface area (Å²) in [5, 5.41) is 15.8. The lowest BCUT2D eigenvalue weighted by molar-refractivity contribution is -0.409. The highest BCUT2D eigenvalue weighted by Gasteiger charge is 2.24. The second-order valence-corrected chi connectivity index (χ2v) is 7.40. The molecule has 30 heavy (non-hydrogen) atoms. The van der Waals surface area contributed by atoms with Gasteiger partial charge in [0.1, 0.15) is 0 Å². The van der Waals surface area contributed by atoms with Crippen molar-refractivity contribution in [2.24, 2.45) is 0 Å². The van der Waals surface area contributed by atoms with Gasteiger partial charge in [-0.1, -0.05) is 30.3 Å². The lowest BCUT2D eigenvalue weighted by Crippen LogP contribution is -2.20. The van der Waals surface area contributed by atoms with E-state index in [-0.39, 0.29) is 16.5 Å². The molecule has 0 saturated carbocycles. The molecule has 4 aromatic rings. The number of anilines is 2. The molecule has 1 atom stereocenters. The fourth-order valence-corrected chi connectivity index (χ4v) is 3.72. The molecule has 7 heteroatoms. The average molecular weight is 402 g/mol. The van der Waals surface area contributed by atoms with Crippen molar-refractivity contribution in [1.82, 2.24) is 4.98 Å². The summed E-state index contributed by atoms with van der Waals surface area (Å²) in [5.74, 6) is 0.405. The number of benzene rings is 2. The lowest BCUT2D eigenvalue weighted by Gasteiger charge is -2.18. The summed E-state index contributed by atoms with van der Waals surface area (Å²) < 4.78 is 0. The van der Waals surface area contributed by atoms with E-state index in [0.29, 0.717) is 12.4 Å². The minimum absolute atomic E-state index is 0.00516. The third-order valence-electron chi connectivity index (χ3n) is 5.32. The number of nitrogens with zero attached hydrogens (tertiary/aromatic N) is 2. The van der Waals surface area contributed by atoms with Crippen molar-refractivity contribution < 1.29 is 9.91 Å². The van der Waals surface area contributed by atoms with E-state index in [2.05, 4.69) is 50.5 Å². The smallest absolute Gasteiger partial charge is 0.357 e. The van der Waals surface area contributed by atoms with Crippen molar-refractivity contribution >= 4 is 28.1 Å². The Morgan fingerprint density at radius 3 is 2.60 bits per heavy atom. The number of pyridine rings is 1. The van der Waals surface area contributed by atoms with Crippen LogP contribution >= 0.6 is 0 Å². The van der Waals surface area contributed by atoms with Crippen LogP contribution in [0.2, 0.25) is 0 Å². The van der Waals surface area contributed by atoms with Gasteiger partial charge in [-0.15, -0.1) is 0 Å². The molecule has 0 spiro atoms. The summed E-state index contributed by atoms with van der Waals surface area (Å²) in [6, 6.07) is 19.7. The SMILES string of the molecule is CN(C)c1ccc([C@H](CNc2[nH+]cccc2[N+](=O)[O-])c2c[nH]c3ccccc23)cc1. The highest BCUT2D eigenvalue weighted by molar-refractivity contribution is 5.84. The molecule has 0 amide bonds. The van der Waals surface area contributed by atoms with Crippen LogP contribution < -0.4 is 15.2 Å². The van der Waals surface area contributed by atoms with Crippen molar-refractivity contribution in [1.29, 1.82) is 0 Å². The monoisotopic (exact) mass is 402 g/mol. The largest absolute Gasteiger partial charge is 0.378 e. The van der Waals surface area contributed by atoms with Gasteiger partial charge in [0.25, 0.3) is 0 Å².